The molecule has 0 bridgehead atoms. The highest BCUT2D eigenvalue weighted by Crippen LogP contribution is 2.17. The predicted molar refractivity (Wildman–Crippen MR) is 81.7 cm³/mol. The maximum Gasteiger partial charge on any atom is 0.237 e. The number of aryl methyl sites for hydroxylation is 1. The second-order valence-electron chi connectivity index (χ2n) is 5.15. The molecule has 104 valence electrons. The molecule has 0 aliphatic carbocycles. The van der Waals surface area contributed by atoms with E-state index < -0.39 is 0 Å². The highest BCUT2D eigenvalue weighted by Gasteiger charge is 2.23. The Hall–Kier alpha value is -1.65. The first-order valence-corrected chi connectivity index (χ1v) is 7.73. The van der Waals surface area contributed by atoms with Gasteiger partial charge in [-0.1, -0.05) is 24.3 Å². The van der Waals surface area contributed by atoms with Gasteiger partial charge in [-0.05, 0) is 41.5 Å². The van der Waals surface area contributed by atoms with Crippen molar-refractivity contribution in [3.8, 4) is 0 Å². The summed E-state index contributed by atoms with van der Waals surface area (Å²) < 4.78 is 0. The van der Waals surface area contributed by atoms with Gasteiger partial charge in [-0.15, -0.1) is 11.3 Å². The molecule has 3 rings (SSSR count). The highest BCUT2D eigenvalue weighted by molar-refractivity contribution is 7.10. The van der Waals surface area contributed by atoms with Crippen LogP contribution >= 0.6 is 11.3 Å². The molecule has 0 saturated heterocycles. The van der Waals surface area contributed by atoms with E-state index in [9.17, 15) is 4.79 Å². The Morgan fingerprint density at radius 3 is 2.90 bits per heavy atom. The molecule has 4 heteroatoms. The van der Waals surface area contributed by atoms with Crippen molar-refractivity contribution in [3.63, 3.8) is 0 Å². The number of rotatable bonds is 3. The summed E-state index contributed by atoms with van der Waals surface area (Å²) in [4.78, 5) is 13.5. The van der Waals surface area contributed by atoms with Crippen LogP contribution < -0.4 is 10.6 Å². The second kappa shape index (κ2) is 5.77. The summed E-state index contributed by atoms with van der Waals surface area (Å²) in [6, 6.07) is 10.3. The van der Waals surface area contributed by atoms with Crippen molar-refractivity contribution in [2.45, 2.75) is 32.5 Å². The first-order valence-electron chi connectivity index (χ1n) is 6.85. The maximum absolute atomic E-state index is 12.2. The van der Waals surface area contributed by atoms with Gasteiger partial charge in [0.15, 0.2) is 0 Å². The summed E-state index contributed by atoms with van der Waals surface area (Å²) in [5.74, 6) is 0.0901. The van der Waals surface area contributed by atoms with Crippen LogP contribution in [0.4, 0.5) is 0 Å². The van der Waals surface area contributed by atoms with Crippen molar-refractivity contribution in [3.05, 3.63) is 57.3 Å². The summed E-state index contributed by atoms with van der Waals surface area (Å²) in [5.41, 5.74) is 3.82. The standard InChI is InChI=1S/C16H18N2OS/c1-11-6-7-20-15(11)10-18-16(19)14-8-12-4-2-3-5-13(12)9-17-14/h2-7,14,17H,8-10H2,1H3,(H,18,19)/t14-/m1/s1. The molecule has 2 N–H and O–H groups in total. The minimum atomic E-state index is -0.120. The first kappa shape index (κ1) is 13.3. The Kier molecular flexibility index (Phi) is 3.85. The monoisotopic (exact) mass is 286 g/mol. The SMILES string of the molecule is Cc1ccsc1CNC(=O)[C@H]1Cc2ccccc2CN1. The van der Waals surface area contributed by atoms with E-state index in [4.69, 9.17) is 0 Å². The van der Waals surface area contributed by atoms with E-state index in [1.807, 2.05) is 12.1 Å². The van der Waals surface area contributed by atoms with Crippen LogP contribution in [0.2, 0.25) is 0 Å². The number of carbonyl (C=O) groups excluding carboxylic acids is 1. The topological polar surface area (TPSA) is 41.1 Å². The Bertz CT molecular complexity index is 620. The number of hydrogen-bond donors (Lipinski definition) is 2. The average molecular weight is 286 g/mol. The molecule has 1 amide bonds. The molecule has 2 aromatic rings. The molecule has 1 aromatic heterocycles. The Morgan fingerprint density at radius 2 is 2.15 bits per heavy atom. The number of nitrogens with one attached hydrogen (secondary N) is 2. The molecule has 1 aliphatic rings. The van der Waals surface area contributed by atoms with Crippen LogP contribution in [0, 0.1) is 6.92 Å². The Morgan fingerprint density at radius 1 is 1.35 bits per heavy atom. The number of fused-ring (bicyclic) bond motifs is 1. The zero-order valence-electron chi connectivity index (χ0n) is 11.5. The van der Waals surface area contributed by atoms with Gasteiger partial charge in [-0.2, -0.15) is 0 Å². The molecule has 1 atom stereocenters. The Labute approximate surface area is 123 Å². The summed E-state index contributed by atoms with van der Waals surface area (Å²) in [5, 5.41) is 8.41. The lowest BCUT2D eigenvalue weighted by molar-refractivity contribution is -0.123. The van der Waals surface area contributed by atoms with E-state index in [0.717, 1.165) is 13.0 Å². The molecular formula is C16H18N2OS. The van der Waals surface area contributed by atoms with Crippen molar-refractivity contribution in [1.82, 2.24) is 10.6 Å². The third kappa shape index (κ3) is 2.76. The first-order chi connectivity index (χ1) is 9.74. The minimum absolute atomic E-state index is 0.0901. The zero-order valence-corrected chi connectivity index (χ0v) is 12.3. The minimum Gasteiger partial charge on any atom is -0.350 e. The summed E-state index contributed by atoms with van der Waals surface area (Å²) >= 11 is 1.69. The van der Waals surface area contributed by atoms with E-state index in [2.05, 4.69) is 41.1 Å². The second-order valence-corrected chi connectivity index (χ2v) is 6.15. The lowest BCUT2D eigenvalue weighted by Crippen LogP contribution is -2.47. The van der Waals surface area contributed by atoms with Gasteiger partial charge in [0.05, 0.1) is 12.6 Å². The lowest BCUT2D eigenvalue weighted by atomic mass is 9.95. The summed E-state index contributed by atoms with van der Waals surface area (Å²) in [6.07, 6.45) is 0.769. The van der Waals surface area contributed by atoms with Gasteiger partial charge < -0.3 is 10.6 Å². The van der Waals surface area contributed by atoms with E-state index in [1.165, 1.54) is 21.6 Å². The fraction of sp³-hybridized carbons (Fsp3) is 0.312. The molecule has 0 fully saturated rings. The summed E-state index contributed by atoms with van der Waals surface area (Å²) in [7, 11) is 0. The van der Waals surface area contributed by atoms with Crippen molar-refractivity contribution >= 4 is 17.2 Å². The van der Waals surface area contributed by atoms with Crippen LogP contribution in [0.3, 0.4) is 0 Å². The largest absolute Gasteiger partial charge is 0.350 e. The number of hydrogen-bond acceptors (Lipinski definition) is 3. The van der Waals surface area contributed by atoms with Gasteiger partial charge in [0, 0.05) is 11.4 Å². The third-order valence-electron chi connectivity index (χ3n) is 3.79. The third-order valence-corrected chi connectivity index (χ3v) is 4.81. The zero-order chi connectivity index (χ0) is 13.9. The molecule has 20 heavy (non-hydrogen) atoms. The Balaban J connectivity index is 1.60. The normalized spacial score (nSPS) is 17.6. The average Bonchev–Trinajstić information content (AvgIpc) is 2.89. The van der Waals surface area contributed by atoms with E-state index in [1.54, 1.807) is 11.3 Å². The number of amides is 1. The smallest absolute Gasteiger partial charge is 0.237 e. The predicted octanol–water partition coefficient (Wildman–Crippen LogP) is 2.39. The van der Waals surface area contributed by atoms with Crippen molar-refractivity contribution in [2.75, 3.05) is 0 Å². The maximum atomic E-state index is 12.2. The number of thiophene rings is 1. The number of carbonyl (C=O) groups is 1. The van der Waals surface area contributed by atoms with Crippen molar-refractivity contribution in [1.29, 1.82) is 0 Å². The lowest BCUT2D eigenvalue weighted by Gasteiger charge is -2.25. The molecule has 0 unspecified atom stereocenters. The quantitative estimate of drug-likeness (QED) is 0.909. The van der Waals surface area contributed by atoms with Crippen LogP contribution in [0.15, 0.2) is 35.7 Å². The van der Waals surface area contributed by atoms with Gasteiger partial charge in [-0.25, -0.2) is 0 Å². The van der Waals surface area contributed by atoms with Crippen LogP contribution in [-0.2, 0) is 24.3 Å². The molecule has 2 heterocycles. The molecular weight excluding hydrogens is 268 g/mol. The van der Waals surface area contributed by atoms with Gasteiger partial charge in [0.2, 0.25) is 5.91 Å². The molecule has 0 spiro atoms. The van der Waals surface area contributed by atoms with Gasteiger partial charge in [0.1, 0.15) is 0 Å². The van der Waals surface area contributed by atoms with Crippen LogP contribution in [0.1, 0.15) is 21.6 Å². The molecule has 3 nitrogen and oxygen atoms in total. The van der Waals surface area contributed by atoms with E-state index in [-0.39, 0.29) is 11.9 Å². The molecule has 1 aliphatic heterocycles. The number of benzene rings is 1. The van der Waals surface area contributed by atoms with Gasteiger partial charge >= 0.3 is 0 Å². The van der Waals surface area contributed by atoms with Crippen molar-refractivity contribution < 1.29 is 4.79 Å². The van der Waals surface area contributed by atoms with E-state index >= 15 is 0 Å². The van der Waals surface area contributed by atoms with Crippen LogP contribution in [-0.4, -0.2) is 11.9 Å². The van der Waals surface area contributed by atoms with Crippen LogP contribution in [0.25, 0.3) is 0 Å². The molecule has 0 radical (unpaired) electrons. The van der Waals surface area contributed by atoms with Crippen molar-refractivity contribution in [2.24, 2.45) is 0 Å². The fourth-order valence-corrected chi connectivity index (χ4v) is 3.36. The molecule has 0 saturated carbocycles. The summed E-state index contributed by atoms with van der Waals surface area (Å²) in [6.45, 7) is 3.47. The fourth-order valence-electron chi connectivity index (χ4n) is 2.52. The van der Waals surface area contributed by atoms with Gasteiger partial charge in [-0.3, -0.25) is 4.79 Å². The highest BCUT2D eigenvalue weighted by atomic mass is 32.1. The van der Waals surface area contributed by atoms with E-state index in [0.29, 0.717) is 6.54 Å². The van der Waals surface area contributed by atoms with Gasteiger partial charge in [0.25, 0.3) is 0 Å². The molecule has 1 aromatic carbocycles. The van der Waals surface area contributed by atoms with Crippen LogP contribution in [0.5, 0.6) is 0 Å².